The van der Waals surface area contributed by atoms with Gasteiger partial charge < -0.3 is 10.3 Å². The molecule has 86 valence electrons. The highest BCUT2D eigenvalue weighted by atomic mass is 35.5. The molecule has 2 N–H and O–H groups in total. The number of benzene rings is 1. The Kier molecular flexibility index (Phi) is 2.72. The van der Waals surface area contributed by atoms with Crippen molar-refractivity contribution < 1.29 is 0 Å². The zero-order chi connectivity index (χ0) is 11.9. The molecule has 0 radical (unpaired) electrons. The topological polar surface area (TPSA) is 30.9 Å². The molecule has 0 atom stereocenters. The van der Waals surface area contributed by atoms with Gasteiger partial charge in [-0.05, 0) is 17.7 Å². The van der Waals surface area contributed by atoms with Crippen LogP contribution < -0.4 is 5.73 Å². The van der Waals surface area contributed by atoms with Crippen molar-refractivity contribution in [3.05, 3.63) is 35.0 Å². The van der Waals surface area contributed by atoms with Gasteiger partial charge in [0.15, 0.2) is 0 Å². The van der Waals surface area contributed by atoms with Crippen LogP contribution in [0.15, 0.2) is 24.4 Å². The van der Waals surface area contributed by atoms with E-state index in [1.165, 1.54) is 10.9 Å². The van der Waals surface area contributed by atoms with Crippen molar-refractivity contribution in [3.63, 3.8) is 0 Å². The molecule has 2 rings (SSSR count). The zero-order valence-electron chi connectivity index (χ0n) is 9.92. The molecule has 3 heteroatoms. The van der Waals surface area contributed by atoms with Crippen LogP contribution in [0, 0.1) is 0 Å². The average Bonchev–Trinajstić information content (AvgIpc) is 2.57. The summed E-state index contributed by atoms with van der Waals surface area (Å²) in [6, 6.07) is 6.00. The highest BCUT2D eigenvalue weighted by Crippen LogP contribution is 2.32. The molecule has 0 aliphatic carbocycles. The Morgan fingerprint density at radius 3 is 2.69 bits per heavy atom. The molecule has 2 nitrogen and oxygen atoms in total. The summed E-state index contributed by atoms with van der Waals surface area (Å²) in [5.41, 5.74) is 8.26. The van der Waals surface area contributed by atoms with E-state index in [2.05, 4.69) is 30.7 Å². The van der Waals surface area contributed by atoms with Crippen molar-refractivity contribution in [2.24, 2.45) is 12.8 Å². The third kappa shape index (κ3) is 1.72. The average molecular weight is 237 g/mol. The first kappa shape index (κ1) is 11.5. The lowest BCUT2D eigenvalue weighted by molar-refractivity contribution is 0.542. The van der Waals surface area contributed by atoms with E-state index in [0.29, 0.717) is 6.54 Å². The molecule has 0 amide bonds. The van der Waals surface area contributed by atoms with Gasteiger partial charge >= 0.3 is 0 Å². The summed E-state index contributed by atoms with van der Waals surface area (Å²) in [5.74, 6) is 0. The molecule has 0 aliphatic rings. The number of nitrogens with zero attached hydrogens (tertiary/aromatic N) is 1. The molecule has 2 aromatic rings. The fourth-order valence-electron chi connectivity index (χ4n) is 2.01. The number of aromatic nitrogens is 1. The molecule has 1 aromatic carbocycles. The van der Waals surface area contributed by atoms with Gasteiger partial charge in [0.2, 0.25) is 0 Å². The summed E-state index contributed by atoms with van der Waals surface area (Å²) in [4.78, 5) is 0. The van der Waals surface area contributed by atoms with Crippen LogP contribution >= 0.6 is 11.6 Å². The lowest BCUT2D eigenvalue weighted by Crippen LogP contribution is -2.27. The van der Waals surface area contributed by atoms with E-state index in [0.717, 1.165) is 10.5 Å². The van der Waals surface area contributed by atoms with Crippen LogP contribution in [-0.4, -0.2) is 11.1 Å². The Morgan fingerprint density at radius 2 is 2.06 bits per heavy atom. The Balaban J connectivity index is 2.73. The van der Waals surface area contributed by atoms with E-state index >= 15 is 0 Å². The number of hydrogen-bond acceptors (Lipinski definition) is 1. The van der Waals surface area contributed by atoms with Gasteiger partial charge in [-0.25, -0.2) is 0 Å². The quantitative estimate of drug-likeness (QED) is 0.854. The van der Waals surface area contributed by atoms with Crippen molar-refractivity contribution in [2.45, 2.75) is 19.3 Å². The fraction of sp³-hybridized carbons (Fsp3) is 0.385. The summed E-state index contributed by atoms with van der Waals surface area (Å²) in [6.45, 7) is 4.96. The number of hydrogen-bond donors (Lipinski definition) is 1. The first-order valence-electron chi connectivity index (χ1n) is 5.41. The van der Waals surface area contributed by atoms with Crippen LogP contribution in [0.3, 0.4) is 0 Å². The van der Waals surface area contributed by atoms with E-state index in [1.54, 1.807) is 0 Å². The van der Waals surface area contributed by atoms with Crippen molar-refractivity contribution in [2.75, 3.05) is 6.54 Å². The van der Waals surface area contributed by atoms with Crippen LogP contribution in [-0.2, 0) is 12.5 Å². The van der Waals surface area contributed by atoms with Crippen molar-refractivity contribution in [1.29, 1.82) is 0 Å². The number of halogens is 1. The van der Waals surface area contributed by atoms with Crippen molar-refractivity contribution >= 4 is 22.5 Å². The monoisotopic (exact) mass is 236 g/mol. The summed E-state index contributed by atoms with van der Waals surface area (Å²) < 4.78 is 2.11. The second kappa shape index (κ2) is 3.79. The predicted octanol–water partition coefficient (Wildman–Crippen LogP) is 3.07. The van der Waals surface area contributed by atoms with E-state index in [1.807, 2.05) is 19.2 Å². The third-order valence-corrected chi connectivity index (χ3v) is 3.43. The molecule has 0 bridgehead atoms. The standard InChI is InChI=1S/C13H17ClN2/c1-13(2,8-15)11-7-16(3)12-6-9(14)4-5-10(11)12/h4-7H,8,15H2,1-3H3. The maximum Gasteiger partial charge on any atom is 0.0495 e. The van der Waals surface area contributed by atoms with Gasteiger partial charge in [0, 0.05) is 41.1 Å². The van der Waals surface area contributed by atoms with Gasteiger partial charge in [0.1, 0.15) is 0 Å². The maximum absolute atomic E-state index is 6.01. The van der Waals surface area contributed by atoms with E-state index in [9.17, 15) is 0 Å². The van der Waals surface area contributed by atoms with E-state index in [-0.39, 0.29) is 5.41 Å². The maximum atomic E-state index is 6.01. The summed E-state index contributed by atoms with van der Waals surface area (Å²) >= 11 is 6.01. The third-order valence-electron chi connectivity index (χ3n) is 3.19. The largest absolute Gasteiger partial charge is 0.350 e. The van der Waals surface area contributed by atoms with Gasteiger partial charge in [-0.1, -0.05) is 31.5 Å². The minimum absolute atomic E-state index is 0.00661. The van der Waals surface area contributed by atoms with Crippen LogP contribution in [0.4, 0.5) is 0 Å². The molecule has 1 aromatic heterocycles. The lowest BCUT2D eigenvalue weighted by Gasteiger charge is -2.21. The highest BCUT2D eigenvalue weighted by molar-refractivity contribution is 6.31. The Labute approximate surface area is 101 Å². The smallest absolute Gasteiger partial charge is 0.0495 e. The molecular formula is C13H17ClN2. The van der Waals surface area contributed by atoms with Crippen LogP contribution in [0.2, 0.25) is 5.02 Å². The molecule has 0 spiro atoms. The van der Waals surface area contributed by atoms with Gasteiger partial charge in [0.05, 0.1) is 0 Å². The predicted molar refractivity (Wildman–Crippen MR) is 70.0 cm³/mol. The minimum Gasteiger partial charge on any atom is -0.350 e. The summed E-state index contributed by atoms with van der Waals surface area (Å²) in [7, 11) is 2.04. The summed E-state index contributed by atoms with van der Waals surface area (Å²) in [5, 5.41) is 2.01. The van der Waals surface area contributed by atoms with Crippen LogP contribution in [0.1, 0.15) is 19.4 Å². The number of fused-ring (bicyclic) bond motifs is 1. The first-order chi connectivity index (χ1) is 7.45. The van der Waals surface area contributed by atoms with E-state index < -0.39 is 0 Å². The zero-order valence-corrected chi connectivity index (χ0v) is 10.7. The van der Waals surface area contributed by atoms with Crippen molar-refractivity contribution in [3.8, 4) is 0 Å². The SMILES string of the molecule is Cn1cc(C(C)(C)CN)c2ccc(Cl)cc21. The Hall–Kier alpha value is -0.990. The van der Waals surface area contributed by atoms with Gasteiger partial charge in [-0.3, -0.25) is 0 Å². The van der Waals surface area contributed by atoms with Gasteiger partial charge in [-0.15, -0.1) is 0 Å². The molecular weight excluding hydrogens is 220 g/mol. The minimum atomic E-state index is -0.00661. The molecule has 0 aliphatic heterocycles. The highest BCUT2D eigenvalue weighted by Gasteiger charge is 2.23. The van der Waals surface area contributed by atoms with Gasteiger partial charge in [0.25, 0.3) is 0 Å². The lowest BCUT2D eigenvalue weighted by atomic mass is 9.85. The molecule has 0 fully saturated rings. The van der Waals surface area contributed by atoms with Crippen LogP contribution in [0.25, 0.3) is 10.9 Å². The summed E-state index contributed by atoms with van der Waals surface area (Å²) in [6.07, 6.45) is 2.15. The Bertz CT molecular complexity index is 526. The Morgan fingerprint density at radius 1 is 1.38 bits per heavy atom. The van der Waals surface area contributed by atoms with E-state index in [4.69, 9.17) is 17.3 Å². The number of rotatable bonds is 2. The molecule has 0 unspecified atom stereocenters. The number of nitrogens with two attached hydrogens (primary N) is 1. The first-order valence-corrected chi connectivity index (χ1v) is 5.78. The molecule has 1 heterocycles. The fourth-order valence-corrected chi connectivity index (χ4v) is 2.17. The van der Waals surface area contributed by atoms with Crippen molar-refractivity contribution in [1.82, 2.24) is 4.57 Å². The molecule has 0 saturated heterocycles. The second-order valence-electron chi connectivity index (χ2n) is 4.90. The second-order valence-corrected chi connectivity index (χ2v) is 5.34. The van der Waals surface area contributed by atoms with Crippen LogP contribution in [0.5, 0.6) is 0 Å². The normalized spacial score (nSPS) is 12.3. The molecule has 0 saturated carbocycles. The number of aryl methyl sites for hydroxylation is 1. The molecule has 16 heavy (non-hydrogen) atoms. The van der Waals surface area contributed by atoms with Gasteiger partial charge in [-0.2, -0.15) is 0 Å².